The SMILES string of the molecule is Cc1cc(C)n(CC2CCN(CC(=O)N3CCCC3)CC2)n1. The topological polar surface area (TPSA) is 41.4 Å². The first-order chi connectivity index (χ1) is 10.6. The number of aromatic nitrogens is 2. The number of hydrogen-bond acceptors (Lipinski definition) is 3. The third-order valence-electron chi connectivity index (χ3n) is 5.06. The molecule has 1 amide bonds. The van der Waals surface area contributed by atoms with Crippen molar-refractivity contribution >= 4 is 5.91 Å². The van der Waals surface area contributed by atoms with Crippen LogP contribution in [-0.4, -0.2) is 58.2 Å². The van der Waals surface area contributed by atoms with Gasteiger partial charge in [0.15, 0.2) is 0 Å². The molecule has 2 fully saturated rings. The number of amides is 1. The Morgan fingerprint density at radius 2 is 1.86 bits per heavy atom. The van der Waals surface area contributed by atoms with Gasteiger partial charge in [0.05, 0.1) is 12.2 Å². The van der Waals surface area contributed by atoms with Crippen molar-refractivity contribution in [3.63, 3.8) is 0 Å². The van der Waals surface area contributed by atoms with Gasteiger partial charge < -0.3 is 4.90 Å². The molecule has 0 aliphatic carbocycles. The Kier molecular flexibility index (Phi) is 4.81. The summed E-state index contributed by atoms with van der Waals surface area (Å²) in [5.41, 5.74) is 2.36. The highest BCUT2D eigenvalue weighted by Crippen LogP contribution is 2.20. The Hall–Kier alpha value is -1.36. The molecule has 2 saturated heterocycles. The van der Waals surface area contributed by atoms with Crippen molar-refractivity contribution in [1.82, 2.24) is 19.6 Å². The van der Waals surface area contributed by atoms with E-state index in [1.807, 2.05) is 4.90 Å². The fourth-order valence-corrected chi connectivity index (χ4v) is 3.69. The maximum absolute atomic E-state index is 12.2. The van der Waals surface area contributed by atoms with Crippen LogP contribution in [-0.2, 0) is 11.3 Å². The average Bonchev–Trinajstić information content (AvgIpc) is 3.12. The van der Waals surface area contributed by atoms with E-state index in [9.17, 15) is 4.79 Å². The molecule has 0 spiro atoms. The van der Waals surface area contributed by atoms with Crippen molar-refractivity contribution < 1.29 is 4.79 Å². The first-order valence-electron chi connectivity index (χ1n) is 8.63. The lowest BCUT2D eigenvalue weighted by Crippen LogP contribution is -2.43. The Balaban J connectivity index is 1.44. The zero-order valence-electron chi connectivity index (χ0n) is 13.9. The van der Waals surface area contributed by atoms with E-state index in [0.29, 0.717) is 18.4 Å². The predicted molar refractivity (Wildman–Crippen MR) is 86.7 cm³/mol. The quantitative estimate of drug-likeness (QED) is 0.852. The van der Waals surface area contributed by atoms with Gasteiger partial charge in [-0.1, -0.05) is 0 Å². The largest absolute Gasteiger partial charge is 0.342 e. The monoisotopic (exact) mass is 304 g/mol. The van der Waals surface area contributed by atoms with E-state index in [0.717, 1.165) is 38.4 Å². The lowest BCUT2D eigenvalue weighted by molar-refractivity contribution is -0.131. The molecular weight excluding hydrogens is 276 g/mol. The van der Waals surface area contributed by atoms with Crippen LogP contribution in [0.2, 0.25) is 0 Å². The molecule has 2 aliphatic rings. The number of carbonyl (C=O) groups is 1. The van der Waals surface area contributed by atoms with Gasteiger partial charge in [-0.3, -0.25) is 14.4 Å². The maximum Gasteiger partial charge on any atom is 0.236 e. The van der Waals surface area contributed by atoms with Gasteiger partial charge in [0.25, 0.3) is 0 Å². The van der Waals surface area contributed by atoms with Gasteiger partial charge >= 0.3 is 0 Å². The Labute approximate surface area is 133 Å². The number of hydrogen-bond donors (Lipinski definition) is 0. The summed E-state index contributed by atoms with van der Waals surface area (Å²) in [7, 11) is 0. The van der Waals surface area contributed by atoms with Gasteiger partial charge in [-0.05, 0) is 64.6 Å². The molecule has 0 radical (unpaired) electrons. The van der Waals surface area contributed by atoms with E-state index >= 15 is 0 Å². The molecule has 0 atom stereocenters. The zero-order valence-corrected chi connectivity index (χ0v) is 13.9. The molecule has 5 nitrogen and oxygen atoms in total. The van der Waals surface area contributed by atoms with E-state index in [1.54, 1.807) is 0 Å². The van der Waals surface area contributed by atoms with Crippen LogP contribution in [0.3, 0.4) is 0 Å². The van der Waals surface area contributed by atoms with Gasteiger partial charge in [0.2, 0.25) is 5.91 Å². The Morgan fingerprint density at radius 3 is 2.45 bits per heavy atom. The maximum atomic E-state index is 12.2. The minimum absolute atomic E-state index is 0.328. The molecule has 1 aromatic rings. The number of rotatable bonds is 4. The molecule has 3 rings (SSSR count). The van der Waals surface area contributed by atoms with Crippen molar-refractivity contribution in [2.45, 2.75) is 46.1 Å². The lowest BCUT2D eigenvalue weighted by atomic mass is 9.97. The third-order valence-corrected chi connectivity index (χ3v) is 5.06. The molecule has 1 aromatic heterocycles. The third kappa shape index (κ3) is 3.69. The summed E-state index contributed by atoms with van der Waals surface area (Å²) < 4.78 is 2.14. The number of carbonyl (C=O) groups excluding carboxylic acids is 1. The van der Waals surface area contributed by atoms with Crippen LogP contribution in [0, 0.1) is 19.8 Å². The summed E-state index contributed by atoms with van der Waals surface area (Å²) in [5, 5.41) is 4.57. The second kappa shape index (κ2) is 6.82. The van der Waals surface area contributed by atoms with E-state index in [-0.39, 0.29) is 0 Å². The van der Waals surface area contributed by atoms with Gasteiger partial charge in [0, 0.05) is 25.3 Å². The van der Waals surface area contributed by atoms with E-state index < -0.39 is 0 Å². The van der Waals surface area contributed by atoms with Crippen molar-refractivity contribution in [1.29, 1.82) is 0 Å². The van der Waals surface area contributed by atoms with Crippen LogP contribution in [0.4, 0.5) is 0 Å². The molecule has 0 bridgehead atoms. The van der Waals surface area contributed by atoms with Crippen LogP contribution in [0.25, 0.3) is 0 Å². The predicted octanol–water partition coefficient (Wildman–Crippen LogP) is 1.83. The molecule has 0 unspecified atom stereocenters. The number of likely N-dealkylation sites (tertiary alicyclic amines) is 2. The molecule has 2 aliphatic heterocycles. The summed E-state index contributed by atoms with van der Waals surface area (Å²) in [6, 6.07) is 2.14. The minimum Gasteiger partial charge on any atom is -0.342 e. The minimum atomic E-state index is 0.328. The zero-order chi connectivity index (χ0) is 15.5. The molecule has 0 N–H and O–H groups in total. The average molecular weight is 304 g/mol. The van der Waals surface area contributed by atoms with Crippen LogP contribution in [0.5, 0.6) is 0 Å². The second-order valence-electron chi connectivity index (χ2n) is 6.92. The molecule has 122 valence electrons. The van der Waals surface area contributed by atoms with Crippen molar-refractivity contribution in [2.75, 3.05) is 32.7 Å². The highest BCUT2D eigenvalue weighted by molar-refractivity contribution is 5.78. The van der Waals surface area contributed by atoms with Gasteiger partial charge in [-0.2, -0.15) is 5.10 Å². The van der Waals surface area contributed by atoms with Crippen molar-refractivity contribution in [3.8, 4) is 0 Å². The summed E-state index contributed by atoms with van der Waals surface area (Å²) in [6.07, 6.45) is 4.70. The standard InChI is InChI=1S/C17H28N4O/c1-14-11-15(2)21(18-14)12-16-5-9-19(10-6-16)13-17(22)20-7-3-4-8-20/h11,16H,3-10,12-13H2,1-2H3. The van der Waals surface area contributed by atoms with E-state index in [1.165, 1.54) is 31.4 Å². The first-order valence-corrected chi connectivity index (χ1v) is 8.63. The fourth-order valence-electron chi connectivity index (χ4n) is 3.69. The molecule has 0 saturated carbocycles. The van der Waals surface area contributed by atoms with Crippen LogP contribution < -0.4 is 0 Å². The normalized spacial score (nSPS) is 20.7. The number of aryl methyl sites for hydroxylation is 2. The first kappa shape index (κ1) is 15.5. The number of piperidine rings is 1. The Bertz CT molecular complexity index is 511. The van der Waals surface area contributed by atoms with Crippen LogP contribution in [0.15, 0.2) is 6.07 Å². The summed E-state index contributed by atoms with van der Waals surface area (Å²) in [5.74, 6) is 1.02. The van der Waals surface area contributed by atoms with Crippen LogP contribution in [0.1, 0.15) is 37.1 Å². The Morgan fingerprint density at radius 1 is 1.18 bits per heavy atom. The summed E-state index contributed by atoms with van der Waals surface area (Å²) >= 11 is 0. The molecule has 3 heterocycles. The summed E-state index contributed by atoms with van der Waals surface area (Å²) in [6.45, 7) is 9.84. The van der Waals surface area contributed by atoms with Gasteiger partial charge in [0.1, 0.15) is 0 Å². The summed E-state index contributed by atoms with van der Waals surface area (Å²) in [4.78, 5) is 16.6. The van der Waals surface area contributed by atoms with E-state index in [2.05, 4.69) is 34.6 Å². The fraction of sp³-hybridized carbons (Fsp3) is 0.765. The highest BCUT2D eigenvalue weighted by atomic mass is 16.2. The molecule has 0 aromatic carbocycles. The van der Waals surface area contributed by atoms with Crippen LogP contribution >= 0.6 is 0 Å². The smallest absolute Gasteiger partial charge is 0.236 e. The number of nitrogens with zero attached hydrogens (tertiary/aromatic N) is 4. The van der Waals surface area contributed by atoms with Gasteiger partial charge in [-0.15, -0.1) is 0 Å². The lowest BCUT2D eigenvalue weighted by Gasteiger charge is -2.32. The molecule has 5 heteroatoms. The second-order valence-corrected chi connectivity index (χ2v) is 6.92. The van der Waals surface area contributed by atoms with E-state index in [4.69, 9.17) is 0 Å². The van der Waals surface area contributed by atoms with Gasteiger partial charge in [-0.25, -0.2) is 0 Å². The van der Waals surface area contributed by atoms with Crippen molar-refractivity contribution in [2.24, 2.45) is 5.92 Å². The highest BCUT2D eigenvalue weighted by Gasteiger charge is 2.24. The molecular formula is C17H28N4O. The molecule has 22 heavy (non-hydrogen) atoms. The van der Waals surface area contributed by atoms with Crippen molar-refractivity contribution in [3.05, 3.63) is 17.5 Å².